The van der Waals surface area contributed by atoms with E-state index in [2.05, 4.69) is 0 Å². The molecule has 1 heterocycles. The van der Waals surface area contributed by atoms with Crippen LogP contribution >= 0.6 is 0 Å². The van der Waals surface area contributed by atoms with Crippen molar-refractivity contribution in [2.45, 2.75) is 18.4 Å². The van der Waals surface area contributed by atoms with Crippen LogP contribution in [0.1, 0.15) is 11.4 Å². The SMILES string of the molecule is CN(C)C(=O)Oc1ccc(OCc2n(C)cc[n+]2C)cc1.Cc1ccc(S(=O)(=O)[O-])cc1. The van der Waals surface area contributed by atoms with Crippen molar-refractivity contribution in [3.63, 3.8) is 0 Å². The quantitative estimate of drug-likeness (QED) is 0.427. The summed E-state index contributed by atoms with van der Waals surface area (Å²) in [5, 5.41) is 0. The average molecular weight is 462 g/mol. The van der Waals surface area contributed by atoms with Gasteiger partial charge in [0, 0.05) is 14.1 Å². The predicted molar refractivity (Wildman–Crippen MR) is 116 cm³/mol. The van der Waals surface area contributed by atoms with Crippen LogP contribution in [0, 0.1) is 6.92 Å². The van der Waals surface area contributed by atoms with E-state index in [1.54, 1.807) is 50.5 Å². The van der Waals surface area contributed by atoms with Crippen LogP contribution in [0.3, 0.4) is 0 Å². The minimum Gasteiger partial charge on any atom is -0.744 e. The van der Waals surface area contributed by atoms with Crippen LogP contribution in [-0.4, -0.2) is 42.6 Å². The number of ether oxygens (including phenoxy) is 2. The van der Waals surface area contributed by atoms with Crippen LogP contribution < -0.4 is 14.0 Å². The lowest BCUT2D eigenvalue weighted by Crippen LogP contribution is -2.32. The number of rotatable bonds is 5. The normalized spacial score (nSPS) is 10.7. The number of hydrogen-bond donors (Lipinski definition) is 0. The molecule has 0 aliphatic carbocycles. The Balaban J connectivity index is 0.000000278. The summed E-state index contributed by atoms with van der Waals surface area (Å²) in [6.07, 6.45) is 3.55. The zero-order valence-electron chi connectivity index (χ0n) is 18.7. The maximum atomic E-state index is 11.4. The molecule has 3 rings (SSSR count). The Bertz CT molecular complexity index is 1120. The molecule has 0 unspecified atom stereocenters. The van der Waals surface area contributed by atoms with Gasteiger partial charge in [-0.25, -0.2) is 22.3 Å². The Morgan fingerprint density at radius 1 is 1.06 bits per heavy atom. The fourth-order valence-corrected chi connectivity index (χ4v) is 2.94. The topological polar surface area (TPSA) is 105 Å². The van der Waals surface area contributed by atoms with Crippen LogP contribution in [0.25, 0.3) is 0 Å². The summed E-state index contributed by atoms with van der Waals surface area (Å²) < 4.78 is 46.0. The second-order valence-electron chi connectivity index (χ2n) is 7.23. The van der Waals surface area contributed by atoms with Crippen LogP contribution in [-0.2, 0) is 30.8 Å². The van der Waals surface area contributed by atoms with Crippen molar-refractivity contribution in [1.29, 1.82) is 0 Å². The van der Waals surface area contributed by atoms with Gasteiger partial charge >= 0.3 is 6.09 Å². The molecule has 172 valence electrons. The van der Waals surface area contributed by atoms with E-state index >= 15 is 0 Å². The number of amides is 1. The molecular weight excluding hydrogens is 434 g/mol. The minimum atomic E-state index is -4.27. The van der Waals surface area contributed by atoms with Crippen molar-refractivity contribution in [3.8, 4) is 11.5 Å². The smallest absolute Gasteiger partial charge is 0.414 e. The minimum absolute atomic E-state index is 0.178. The number of aryl methyl sites for hydroxylation is 3. The van der Waals surface area contributed by atoms with Crippen molar-refractivity contribution in [2.75, 3.05) is 14.1 Å². The van der Waals surface area contributed by atoms with E-state index in [1.807, 2.05) is 42.5 Å². The monoisotopic (exact) mass is 461 g/mol. The third-order valence-corrected chi connectivity index (χ3v) is 5.25. The van der Waals surface area contributed by atoms with E-state index in [0.29, 0.717) is 12.4 Å². The number of carbonyl (C=O) groups is 1. The van der Waals surface area contributed by atoms with Gasteiger partial charge in [0.05, 0.1) is 19.0 Å². The van der Waals surface area contributed by atoms with Crippen molar-refractivity contribution in [2.24, 2.45) is 14.1 Å². The summed E-state index contributed by atoms with van der Waals surface area (Å²) in [7, 11) is 2.96. The molecule has 0 N–H and O–H groups in total. The Morgan fingerprint density at radius 3 is 2.09 bits per heavy atom. The Labute approximate surface area is 188 Å². The highest BCUT2D eigenvalue weighted by Gasteiger charge is 2.12. The molecule has 10 heteroatoms. The first-order chi connectivity index (χ1) is 15.0. The third-order valence-electron chi connectivity index (χ3n) is 4.40. The second-order valence-corrected chi connectivity index (χ2v) is 8.61. The maximum absolute atomic E-state index is 11.4. The lowest BCUT2D eigenvalue weighted by molar-refractivity contribution is -0.680. The molecule has 1 amide bonds. The lowest BCUT2D eigenvalue weighted by atomic mass is 10.2. The lowest BCUT2D eigenvalue weighted by Gasteiger charge is -2.11. The predicted octanol–water partition coefficient (Wildman–Crippen LogP) is 2.39. The number of aromatic nitrogens is 2. The number of hydrogen-bond acceptors (Lipinski definition) is 6. The van der Waals surface area contributed by atoms with Gasteiger partial charge in [0.1, 0.15) is 34.0 Å². The Kier molecular flexibility index (Phi) is 8.39. The standard InChI is InChI=1S/C15H20N3O3.C7H8O3S/c1-16(2)15(19)21-13-7-5-12(6-8-13)20-11-14-17(3)9-10-18(14)4;1-6-2-4-7(5-3-6)11(8,9)10/h5-10H,11H2,1-4H3;2-5H,1H3,(H,8,9,10)/q+1;/p-1. The molecule has 2 aromatic carbocycles. The first-order valence-corrected chi connectivity index (χ1v) is 11.0. The number of imidazole rings is 1. The Hall–Kier alpha value is -3.37. The third kappa shape index (κ3) is 7.40. The van der Waals surface area contributed by atoms with Crippen LogP contribution in [0.4, 0.5) is 4.79 Å². The molecule has 0 atom stereocenters. The van der Waals surface area contributed by atoms with Crippen LogP contribution in [0.2, 0.25) is 0 Å². The molecule has 0 bridgehead atoms. The first kappa shape index (κ1) is 24.9. The van der Waals surface area contributed by atoms with Crippen LogP contribution in [0.5, 0.6) is 11.5 Å². The van der Waals surface area contributed by atoms with Gasteiger partial charge in [-0.05, 0) is 43.3 Å². The van der Waals surface area contributed by atoms with E-state index in [0.717, 1.165) is 17.1 Å². The highest BCUT2D eigenvalue weighted by molar-refractivity contribution is 7.85. The molecule has 0 aliphatic rings. The molecule has 0 saturated heterocycles. The average Bonchev–Trinajstić information content (AvgIpc) is 3.05. The van der Waals surface area contributed by atoms with Crippen molar-refractivity contribution in [1.82, 2.24) is 9.47 Å². The zero-order valence-corrected chi connectivity index (χ0v) is 19.5. The molecule has 0 radical (unpaired) electrons. The summed E-state index contributed by atoms with van der Waals surface area (Å²) in [6.45, 7) is 2.29. The maximum Gasteiger partial charge on any atom is 0.414 e. The molecular formula is C22H27N3O6S. The first-order valence-electron chi connectivity index (χ1n) is 9.61. The summed E-state index contributed by atoms with van der Waals surface area (Å²) in [5.74, 6) is 2.27. The molecule has 9 nitrogen and oxygen atoms in total. The number of carbonyl (C=O) groups excluding carboxylic acids is 1. The molecule has 0 spiro atoms. The van der Waals surface area contributed by atoms with Gasteiger partial charge in [-0.3, -0.25) is 0 Å². The fraction of sp³-hybridized carbons (Fsp3) is 0.273. The van der Waals surface area contributed by atoms with E-state index in [9.17, 15) is 17.8 Å². The molecule has 0 aliphatic heterocycles. The summed E-state index contributed by atoms with van der Waals surface area (Å²) in [5.41, 5.74) is 0.928. The Morgan fingerprint density at radius 2 is 1.62 bits per heavy atom. The van der Waals surface area contributed by atoms with Gasteiger partial charge in [0.15, 0.2) is 6.61 Å². The van der Waals surface area contributed by atoms with Gasteiger partial charge in [0.2, 0.25) is 0 Å². The van der Waals surface area contributed by atoms with Gasteiger partial charge in [-0.1, -0.05) is 17.7 Å². The summed E-state index contributed by atoms with van der Waals surface area (Å²) >= 11 is 0. The largest absolute Gasteiger partial charge is 0.744 e. The molecule has 32 heavy (non-hydrogen) atoms. The van der Waals surface area contributed by atoms with Gasteiger partial charge in [-0.2, -0.15) is 0 Å². The van der Waals surface area contributed by atoms with Crippen LogP contribution in [0.15, 0.2) is 65.8 Å². The molecule has 0 fully saturated rings. The van der Waals surface area contributed by atoms with E-state index in [-0.39, 0.29) is 4.90 Å². The van der Waals surface area contributed by atoms with E-state index < -0.39 is 16.2 Å². The number of nitrogens with zero attached hydrogens (tertiary/aromatic N) is 3. The summed E-state index contributed by atoms with van der Waals surface area (Å²) in [4.78, 5) is 12.6. The van der Waals surface area contributed by atoms with Crippen molar-refractivity contribution < 1.29 is 31.8 Å². The molecule has 1 aromatic heterocycles. The fourth-order valence-electron chi connectivity index (χ4n) is 2.47. The van der Waals surface area contributed by atoms with Gasteiger partial charge in [-0.15, -0.1) is 0 Å². The van der Waals surface area contributed by atoms with E-state index in [1.165, 1.54) is 17.0 Å². The molecule has 0 saturated carbocycles. The highest BCUT2D eigenvalue weighted by atomic mass is 32.2. The van der Waals surface area contributed by atoms with Crippen molar-refractivity contribution >= 4 is 16.2 Å². The zero-order chi connectivity index (χ0) is 23.9. The number of benzene rings is 2. The summed E-state index contributed by atoms with van der Waals surface area (Å²) in [6, 6.07) is 12.8. The molecule has 3 aromatic rings. The van der Waals surface area contributed by atoms with E-state index in [4.69, 9.17) is 9.47 Å². The van der Waals surface area contributed by atoms with Gasteiger partial charge in [0.25, 0.3) is 5.82 Å². The highest BCUT2D eigenvalue weighted by Crippen LogP contribution is 2.18. The second kappa shape index (κ2) is 10.8. The van der Waals surface area contributed by atoms with Gasteiger partial charge < -0.3 is 18.9 Å². The van der Waals surface area contributed by atoms with Crippen molar-refractivity contribution in [3.05, 3.63) is 72.3 Å².